The summed E-state index contributed by atoms with van der Waals surface area (Å²) in [6.45, 7) is 0. The molecule has 0 amide bonds. The van der Waals surface area contributed by atoms with Crippen molar-refractivity contribution in [2.45, 2.75) is 25.7 Å². The largest absolute Gasteiger partial charge is 0.301 e. The number of nitro groups is 2. The van der Waals surface area contributed by atoms with E-state index in [0.29, 0.717) is 11.8 Å². The third-order valence-corrected chi connectivity index (χ3v) is 4.22. The van der Waals surface area contributed by atoms with E-state index in [4.69, 9.17) is 0 Å². The summed E-state index contributed by atoms with van der Waals surface area (Å²) in [5, 5.41) is 26.0. The van der Waals surface area contributed by atoms with E-state index < -0.39 is 9.85 Å². The third kappa shape index (κ3) is 2.56. The maximum atomic E-state index is 11.0. The maximum absolute atomic E-state index is 11.0. The average Bonchev–Trinajstić information content (AvgIpc) is 3.07. The summed E-state index contributed by atoms with van der Waals surface area (Å²) in [4.78, 5) is 20.4. The molecular weight excluding hydrogens is 276 g/mol. The van der Waals surface area contributed by atoms with E-state index in [2.05, 4.69) is 10.5 Å². The Morgan fingerprint density at radius 2 is 2.00 bits per heavy atom. The number of nitrogens with zero attached hydrogens (tertiary/aromatic N) is 3. The first-order valence-electron chi connectivity index (χ1n) is 6.80. The Bertz CT molecular complexity index is 643. The van der Waals surface area contributed by atoms with Crippen molar-refractivity contribution in [3.05, 3.63) is 38.4 Å². The fraction of sp³-hybridized carbons (Fsp3) is 0.462. The molecule has 2 atom stereocenters. The van der Waals surface area contributed by atoms with Crippen molar-refractivity contribution < 1.29 is 9.85 Å². The van der Waals surface area contributed by atoms with E-state index in [1.54, 1.807) is 0 Å². The second-order valence-electron chi connectivity index (χ2n) is 5.51. The van der Waals surface area contributed by atoms with Gasteiger partial charge in [-0.05, 0) is 43.6 Å². The third-order valence-electron chi connectivity index (χ3n) is 4.22. The summed E-state index contributed by atoms with van der Waals surface area (Å²) >= 11 is 0. The Kier molecular flexibility index (Phi) is 3.28. The number of benzene rings is 1. The lowest BCUT2D eigenvalue weighted by Gasteiger charge is -2.12. The second-order valence-corrected chi connectivity index (χ2v) is 5.51. The minimum absolute atomic E-state index is 0.181. The molecule has 0 radical (unpaired) electrons. The standard InChI is InChI=1S/C13H14N4O4/c18-16(19)10-3-4-11(13(7-10)17(20)21)14-15-12-6-8-1-2-9(12)5-8/h3-4,7-9,14H,1-2,5-6H2/b15-12+. The van der Waals surface area contributed by atoms with Crippen molar-refractivity contribution in [1.82, 2.24) is 0 Å². The van der Waals surface area contributed by atoms with Crippen molar-refractivity contribution in [2.24, 2.45) is 16.9 Å². The van der Waals surface area contributed by atoms with Crippen LogP contribution < -0.4 is 5.43 Å². The number of nitrogens with one attached hydrogen (secondary N) is 1. The van der Waals surface area contributed by atoms with Crippen molar-refractivity contribution in [2.75, 3.05) is 5.43 Å². The lowest BCUT2D eigenvalue weighted by molar-refractivity contribution is -0.393. The van der Waals surface area contributed by atoms with Crippen molar-refractivity contribution >= 4 is 22.8 Å². The van der Waals surface area contributed by atoms with Crippen LogP contribution in [0.5, 0.6) is 0 Å². The van der Waals surface area contributed by atoms with Gasteiger partial charge in [-0.3, -0.25) is 25.7 Å². The van der Waals surface area contributed by atoms with Crippen LogP contribution in [0.4, 0.5) is 17.1 Å². The summed E-state index contributed by atoms with van der Waals surface area (Å²) in [7, 11) is 0. The fourth-order valence-corrected chi connectivity index (χ4v) is 3.17. The van der Waals surface area contributed by atoms with Crippen molar-refractivity contribution in [3.63, 3.8) is 0 Å². The van der Waals surface area contributed by atoms with Crippen LogP contribution in [0.3, 0.4) is 0 Å². The molecule has 0 aromatic heterocycles. The molecule has 1 N–H and O–H groups in total. The molecule has 8 nitrogen and oxygen atoms in total. The van der Waals surface area contributed by atoms with E-state index in [0.717, 1.165) is 31.0 Å². The monoisotopic (exact) mass is 290 g/mol. The molecule has 2 fully saturated rings. The van der Waals surface area contributed by atoms with Crippen LogP contribution in [0.25, 0.3) is 0 Å². The predicted octanol–water partition coefficient (Wildman–Crippen LogP) is 3.09. The quantitative estimate of drug-likeness (QED) is 0.676. The molecule has 0 heterocycles. The highest BCUT2D eigenvalue weighted by Crippen LogP contribution is 2.42. The van der Waals surface area contributed by atoms with Crippen LogP contribution in [-0.2, 0) is 0 Å². The van der Waals surface area contributed by atoms with E-state index in [-0.39, 0.29) is 17.1 Å². The molecule has 110 valence electrons. The Morgan fingerprint density at radius 3 is 2.57 bits per heavy atom. The van der Waals surface area contributed by atoms with Gasteiger partial charge in [0, 0.05) is 11.8 Å². The molecule has 0 spiro atoms. The number of non-ortho nitro benzene ring substituents is 1. The SMILES string of the molecule is O=[N+]([O-])c1ccc(N/N=C2\CC3CCC2C3)c([N+](=O)[O-])c1. The van der Waals surface area contributed by atoms with Gasteiger partial charge in [0.05, 0.1) is 15.9 Å². The van der Waals surface area contributed by atoms with Crippen molar-refractivity contribution in [1.29, 1.82) is 0 Å². The van der Waals surface area contributed by atoms with E-state index in [1.807, 2.05) is 0 Å². The molecule has 1 aromatic carbocycles. The summed E-state index contributed by atoms with van der Waals surface area (Å²) < 4.78 is 0. The highest BCUT2D eigenvalue weighted by molar-refractivity contribution is 5.90. The van der Waals surface area contributed by atoms with Gasteiger partial charge in [-0.2, -0.15) is 5.10 Å². The first-order chi connectivity index (χ1) is 10.0. The highest BCUT2D eigenvalue weighted by atomic mass is 16.6. The number of nitro benzene ring substituents is 2. The number of hydrazone groups is 1. The molecule has 0 saturated heterocycles. The molecule has 3 rings (SSSR count). The van der Waals surface area contributed by atoms with Crippen LogP contribution in [0.1, 0.15) is 25.7 Å². The van der Waals surface area contributed by atoms with Crippen LogP contribution in [0, 0.1) is 32.1 Å². The zero-order valence-corrected chi connectivity index (χ0v) is 11.2. The summed E-state index contributed by atoms with van der Waals surface area (Å²) in [5.74, 6) is 1.18. The molecule has 2 aliphatic rings. The zero-order valence-electron chi connectivity index (χ0n) is 11.2. The molecule has 0 aliphatic heterocycles. The van der Waals surface area contributed by atoms with Gasteiger partial charge in [0.1, 0.15) is 5.69 Å². The summed E-state index contributed by atoms with van der Waals surface area (Å²) in [6, 6.07) is 3.51. The van der Waals surface area contributed by atoms with Gasteiger partial charge in [0.2, 0.25) is 0 Å². The Hall–Kier alpha value is -2.51. The smallest absolute Gasteiger partial charge is 0.272 e. The van der Waals surface area contributed by atoms with Gasteiger partial charge >= 0.3 is 5.69 Å². The fourth-order valence-electron chi connectivity index (χ4n) is 3.17. The van der Waals surface area contributed by atoms with Gasteiger partial charge in [0.15, 0.2) is 0 Å². The van der Waals surface area contributed by atoms with Crippen LogP contribution in [0.15, 0.2) is 23.3 Å². The maximum Gasteiger partial charge on any atom is 0.301 e. The molecular formula is C13H14N4O4. The Balaban J connectivity index is 1.83. The topological polar surface area (TPSA) is 111 Å². The van der Waals surface area contributed by atoms with E-state index in [1.165, 1.54) is 18.6 Å². The van der Waals surface area contributed by atoms with Crippen LogP contribution >= 0.6 is 0 Å². The lowest BCUT2D eigenvalue weighted by atomic mass is 9.99. The zero-order chi connectivity index (χ0) is 15.0. The minimum atomic E-state index is -0.654. The van der Waals surface area contributed by atoms with E-state index >= 15 is 0 Å². The first-order valence-corrected chi connectivity index (χ1v) is 6.80. The van der Waals surface area contributed by atoms with Crippen LogP contribution in [-0.4, -0.2) is 15.6 Å². The van der Waals surface area contributed by atoms with Crippen LogP contribution in [0.2, 0.25) is 0 Å². The molecule has 2 unspecified atom stereocenters. The predicted molar refractivity (Wildman–Crippen MR) is 76.3 cm³/mol. The number of rotatable bonds is 4. The normalized spacial score (nSPS) is 25.2. The van der Waals surface area contributed by atoms with Crippen molar-refractivity contribution in [3.8, 4) is 0 Å². The molecule has 1 aromatic rings. The Morgan fingerprint density at radius 1 is 1.19 bits per heavy atom. The molecule has 2 aliphatic carbocycles. The van der Waals surface area contributed by atoms with Gasteiger partial charge in [-0.25, -0.2) is 0 Å². The number of hydrogen-bond acceptors (Lipinski definition) is 6. The average molecular weight is 290 g/mol. The minimum Gasteiger partial charge on any atom is -0.272 e. The Labute approximate surface area is 120 Å². The van der Waals surface area contributed by atoms with Gasteiger partial charge in [-0.15, -0.1) is 0 Å². The molecule has 2 bridgehead atoms. The van der Waals surface area contributed by atoms with Gasteiger partial charge in [0.25, 0.3) is 5.69 Å². The summed E-state index contributed by atoms with van der Waals surface area (Å²) in [5.41, 5.74) is 3.31. The molecule has 8 heteroatoms. The summed E-state index contributed by atoms with van der Waals surface area (Å²) in [6.07, 6.45) is 4.47. The molecule has 21 heavy (non-hydrogen) atoms. The van der Waals surface area contributed by atoms with Gasteiger partial charge < -0.3 is 0 Å². The number of anilines is 1. The van der Waals surface area contributed by atoms with E-state index in [9.17, 15) is 20.2 Å². The first kappa shape index (κ1) is 13.5. The number of fused-ring (bicyclic) bond motifs is 2. The van der Waals surface area contributed by atoms with Gasteiger partial charge in [-0.1, -0.05) is 0 Å². The lowest BCUT2D eigenvalue weighted by Crippen LogP contribution is -2.11. The second kappa shape index (κ2) is 5.12. The molecule has 2 saturated carbocycles. The highest BCUT2D eigenvalue weighted by Gasteiger charge is 2.36. The number of hydrogen-bond donors (Lipinski definition) is 1.